The highest BCUT2D eigenvalue weighted by Gasteiger charge is 2.22. The first-order valence-electron chi connectivity index (χ1n) is 7.36. The number of anilines is 1. The summed E-state index contributed by atoms with van der Waals surface area (Å²) in [6.45, 7) is 6.79. The van der Waals surface area contributed by atoms with Crippen molar-refractivity contribution in [2.75, 3.05) is 38.0 Å². The third-order valence-corrected chi connectivity index (χ3v) is 3.91. The normalized spacial score (nSPS) is 18.8. The van der Waals surface area contributed by atoms with Crippen molar-refractivity contribution in [3.63, 3.8) is 0 Å². The number of likely N-dealkylation sites (tertiary alicyclic amines) is 1. The minimum absolute atomic E-state index is 0.0839. The van der Waals surface area contributed by atoms with Crippen molar-refractivity contribution >= 4 is 11.7 Å². The Labute approximate surface area is 119 Å². The molecule has 6 nitrogen and oxygen atoms in total. The number of nitrogens with one attached hydrogen (secondary N) is 2. The van der Waals surface area contributed by atoms with Crippen LogP contribution in [-0.4, -0.2) is 53.5 Å². The maximum absolute atomic E-state index is 11.8. The molecule has 6 heteroatoms. The van der Waals surface area contributed by atoms with Crippen LogP contribution in [0.4, 0.5) is 5.82 Å². The van der Waals surface area contributed by atoms with Crippen LogP contribution in [0, 0.1) is 6.92 Å². The van der Waals surface area contributed by atoms with Gasteiger partial charge in [0.15, 0.2) is 0 Å². The number of hydrogen-bond acceptors (Lipinski definition) is 5. The monoisotopic (exact) mass is 275 g/mol. The molecule has 0 atom stereocenters. The van der Waals surface area contributed by atoms with Gasteiger partial charge < -0.3 is 15.5 Å². The first-order chi connectivity index (χ1) is 9.74. The Morgan fingerprint density at radius 1 is 1.30 bits per heavy atom. The van der Waals surface area contributed by atoms with Gasteiger partial charge >= 0.3 is 0 Å². The number of fused-ring (bicyclic) bond motifs is 1. The molecule has 3 heterocycles. The molecule has 108 valence electrons. The number of aryl methyl sites for hydroxylation is 1. The van der Waals surface area contributed by atoms with Crippen molar-refractivity contribution in [3.05, 3.63) is 17.1 Å². The fraction of sp³-hybridized carbons (Fsp3) is 0.643. The molecule has 1 amide bonds. The number of carbonyl (C=O) groups excluding carboxylic acids is 1. The lowest BCUT2D eigenvalue weighted by Gasteiger charge is -2.20. The van der Waals surface area contributed by atoms with E-state index in [1.54, 1.807) is 0 Å². The highest BCUT2D eigenvalue weighted by atomic mass is 16.1. The Morgan fingerprint density at radius 3 is 2.90 bits per heavy atom. The minimum Gasteiger partial charge on any atom is -0.368 e. The summed E-state index contributed by atoms with van der Waals surface area (Å²) in [4.78, 5) is 23.0. The standard InChI is InChI=1S/C14H21N5O/c1-10-17-12-11(4-5-16-14(12)20)13(18-10)15-6-9-19-7-2-3-8-19/h2-9H2,1H3,(H,16,20)(H,15,17,18). The van der Waals surface area contributed by atoms with E-state index in [1.807, 2.05) is 6.92 Å². The summed E-state index contributed by atoms with van der Waals surface area (Å²) in [7, 11) is 0. The van der Waals surface area contributed by atoms with Crippen LogP contribution in [0.15, 0.2) is 0 Å². The van der Waals surface area contributed by atoms with Gasteiger partial charge in [0.2, 0.25) is 0 Å². The number of amides is 1. The largest absolute Gasteiger partial charge is 0.368 e. The summed E-state index contributed by atoms with van der Waals surface area (Å²) in [5, 5.41) is 6.22. The number of rotatable bonds is 4. The Balaban J connectivity index is 1.70. The molecule has 0 radical (unpaired) electrons. The van der Waals surface area contributed by atoms with E-state index < -0.39 is 0 Å². The average molecular weight is 275 g/mol. The lowest BCUT2D eigenvalue weighted by molar-refractivity contribution is 0.0940. The Hall–Kier alpha value is -1.69. The summed E-state index contributed by atoms with van der Waals surface area (Å²) in [5.41, 5.74) is 1.49. The molecule has 20 heavy (non-hydrogen) atoms. The summed E-state index contributed by atoms with van der Waals surface area (Å²) < 4.78 is 0. The molecular weight excluding hydrogens is 254 g/mol. The summed E-state index contributed by atoms with van der Waals surface area (Å²) >= 11 is 0. The SMILES string of the molecule is Cc1nc(NCCN2CCCC2)c2c(n1)C(=O)NCC2. The fourth-order valence-corrected chi connectivity index (χ4v) is 2.89. The van der Waals surface area contributed by atoms with E-state index in [1.165, 1.54) is 25.9 Å². The molecule has 0 unspecified atom stereocenters. The lowest BCUT2D eigenvalue weighted by Crippen LogP contribution is -2.34. The van der Waals surface area contributed by atoms with Gasteiger partial charge in [-0.05, 0) is 39.3 Å². The van der Waals surface area contributed by atoms with Crippen LogP contribution in [0.25, 0.3) is 0 Å². The minimum atomic E-state index is -0.0839. The van der Waals surface area contributed by atoms with Crippen LogP contribution in [-0.2, 0) is 6.42 Å². The molecule has 2 aliphatic heterocycles. The average Bonchev–Trinajstić information content (AvgIpc) is 2.93. The molecule has 1 saturated heterocycles. The van der Waals surface area contributed by atoms with Gasteiger partial charge in [-0.15, -0.1) is 0 Å². The zero-order valence-corrected chi connectivity index (χ0v) is 11.9. The highest BCUT2D eigenvalue weighted by molar-refractivity contribution is 5.95. The first-order valence-corrected chi connectivity index (χ1v) is 7.36. The van der Waals surface area contributed by atoms with Gasteiger partial charge in [0, 0.05) is 25.2 Å². The summed E-state index contributed by atoms with van der Waals surface area (Å²) in [6, 6.07) is 0. The number of hydrogen-bond donors (Lipinski definition) is 2. The van der Waals surface area contributed by atoms with Gasteiger partial charge in [0.05, 0.1) is 0 Å². The predicted octanol–water partition coefficient (Wildman–Crippen LogP) is 0.579. The Bertz CT molecular complexity index is 511. The molecule has 2 N–H and O–H groups in total. The van der Waals surface area contributed by atoms with Crippen molar-refractivity contribution < 1.29 is 4.79 Å². The molecule has 0 saturated carbocycles. The van der Waals surface area contributed by atoms with E-state index >= 15 is 0 Å². The first kappa shape index (κ1) is 13.3. The van der Waals surface area contributed by atoms with E-state index in [9.17, 15) is 4.79 Å². The number of nitrogens with zero attached hydrogens (tertiary/aromatic N) is 3. The van der Waals surface area contributed by atoms with Gasteiger partial charge in [0.25, 0.3) is 5.91 Å². The van der Waals surface area contributed by atoms with Crippen molar-refractivity contribution in [2.24, 2.45) is 0 Å². The van der Waals surface area contributed by atoms with Crippen molar-refractivity contribution in [2.45, 2.75) is 26.2 Å². The zero-order chi connectivity index (χ0) is 13.9. The maximum atomic E-state index is 11.8. The molecule has 2 aliphatic rings. The van der Waals surface area contributed by atoms with Gasteiger partial charge in [-0.25, -0.2) is 9.97 Å². The summed E-state index contributed by atoms with van der Waals surface area (Å²) in [6.07, 6.45) is 3.41. The smallest absolute Gasteiger partial charge is 0.270 e. The molecule has 0 aliphatic carbocycles. The molecule has 1 fully saturated rings. The molecule has 0 spiro atoms. The Kier molecular flexibility index (Phi) is 3.82. The topological polar surface area (TPSA) is 70.2 Å². The maximum Gasteiger partial charge on any atom is 0.270 e. The summed E-state index contributed by atoms with van der Waals surface area (Å²) in [5.74, 6) is 1.39. The van der Waals surface area contributed by atoms with E-state index in [0.29, 0.717) is 18.1 Å². The quantitative estimate of drug-likeness (QED) is 0.841. The predicted molar refractivity (Wildman–Crippen MR) is 77.0 cm³/mol. The molecule has 1 aromatic rings. The van der Waals surface area contributed by atoms with Gasteiger partial charge in [-0.2, -0.15) is 0 Å². The highest BCUT2D eigenvalue weighted by Crippen LogP contribution is 2.20. The van der Waals surface area contributed by atoms with Crippen LogP contribution < -0.4 is 10.6 Å². The fourth-order valence-electron chi connectivity index (χ4n) is 2.89. The van der Waals surface area contributed by atoms with E-state index in [4.69, 9.17) is 0 Å². The molecule has 0 bridgehead atoms. The van der Waals surface area contributed by atoms with Gasteiger partial charge in [-0.3, -0.25) is 4.79 Å². The Morgan fingerprint density at radius 2 is 2.10 bits per heavy atom. The van der Waals surface area contributed by atoms with Crippen LogP contribution in [0.5, 0.6) is 0 Å². The van der Waals surface area contributed by atoms with Crippen LogP contribution in [0.3, 0.4) is 0 Å². The van der Waals surface area contributed by atoms with E-state index in [-0.39, 0.29) is 5.91 Å². The number of aromatic nitrogens is 2. The second-order valence-electron chi connectivity index (χ2n) is 5.43. The van der Waals surface area contributed by atoms with Crippen LogP contribution in [0.2, 0.25) is 0 Å². The molecule has 1 aromatic heterocycles. The molecule has 0 aromatic carbocycles. The van der Waals surface area contributed by atoms with E-state index in [0.717, 1.165) is 30.9 Å². The van der Waals surface area contributed by atoms with Crippen LogP contribution >= 0.6 is 0 Å². The number of carbonyl (C=O) groups is 1. The second kappa shape index (κ2) is 5.75. The third kappa shape index (κ3) is 2.75. The van der Waals surface area contributed by atoms with Gasteiger partial charge in [0.1, 0.15) is 17.3 Å². The van der Waals surface area contributed by atoms with Crippen LogP contribution in [0.1, 0.15) is 34.7 Å². The molecular formula is C14H21N5O. The second-order valence-corrected chi connectivity index (χ2v) is 5.43. The molecule has 3 rings (SSSR count). The third-order valence-electron chi connectivity index (χ3n) is 3.91. The van der Waals surface area contributed by atoms with Crippen molar-refractivity contribution in [1.29, 1.82) is 0 Å². The lowest BCUT2D eigenvalue weighted by atomic mass is 10.1. The van der Waals surface area contributed by atoms with Crippen molar-refractivity contribution in [3.8, 4) is 0 Å². The van der Waals surface area contributed by atoms with Crippen molar-refractivity contribution in [1.82, 2.24) is 20.2 Å². The van der Waals surface area contributed by atoms with Gasteiger partial charge in [-0.1, -0.05) is 0 Å². The van der Waals surface area contributed by atoms with E-state index in [2.05, 4.69) is 25.5 Å². The zero-order valence-electron chi connectivity index (χ0n) is 11.9.